The summed E-state index contributed by atoms with van der Waals surface area (Å²) in [4.78, 5) is 10.3. The third kappa shape index (κ3) is 6.42. The third-order valence-corrected chi connectivity index (χ3v) is 4.77. The van der Waals surface area contributed by atoms with Gasteiger partial charge in [0.1, 0.15) is 11.6 Å². The molecule has 0 aliphatic rings. The van der Waals surface area contributed by atoms with Gasteiger partial charge >= 0.3 is 0 Å². The average Bonchev–Trinajstić information content (AvgIpc) is 2.84. The van der Waals surface area contributed by atoms with E-state index >= 15 is 0 Å². The second-order valence-electron chi connectivity index (χ2n) is 5.71. The van der Waals surface area contributed by atoms with Gasteiger partial charge in [-0.05, 0) is 44.9 Å². The molecular weight excluding hydrogens is 342 g/mol. The maximum atomic E-state index is 13.2. The van der Waals surface area contributed by atoms with E-state index in [1.54, 1.807) is 11.3 Å². The van der Waals surface area contributed by atoms with Gasteiger partial charge in [-0.3, -0.25) is 4.99 Å². The molecule has 2 N–H and O–H groups in total. The highest BCUT2D eigenvalue weighted by Gasteiger charge is 2.04. The topological polar surface area (TPSA) is 49.3 Å². The van der Waals surface area contributed by atoms with E-state index in [2.05, 4.69) is 27.5 Å². The average molecular weight is 366 g/mol. The molecule has 1 aromatic carbocycles. The number of guanidine groups is 1. The van der Waals surface area contributed by atoms with Crippen molar-refractivity contribution in [3.63, 3.8) is 0 Å². The molecule has 0 spiro atoms. The van der Waals surface area contributed by atoms with Crippen molar-refractivity contribution in [1.29, 1.82) is 0 Å². The second kappa shape index (κ2) is 9.46. The number of aryl methyl sites for hydroxylation is 2. The highest BCUT2D eigenvalue weighted by atomic mass is 32.1. The highest BCUT2D eigenvalue weighted by Crippen LogP contribution is 2.16. The van der Waals surface area contributed by atoms with Crippen molar-refractivity contribution < 1.29 is 8.78 Å². The van der Waals surface area contributed by atoms with Crippen LogP contribution in [0.25, 0.3) is 0 Å². The summed E-state index contributed by atoms with van der Waals surface area (Å²) in [6.45, 7) is 8.00. The van der Waals surface area contributed by atoms with E-state index in [1.165, 1.54) is 17.0 Å². The van der Waals surface area contributed by atoms with Gasteiger partial charge in [0.15, 0.2) is 5.96 Å². The number of nitrogens with zero attached hydrogens (tertiary/aromatic N) is 2. The van der Waals surface area contributed by atoms with Crippen molar-refractivity contribution in [2.75, 3.05) is 19.6 Å². The molecule has 0 atom stereocenters. The van der Waals surface area contributed by atoms with Crippen LogP contribution in [-0.2, 0) is 12.8 Å². The summed E-state index contributed by atoms with van der Waals surface area (Å²) < 4.78 is 26.4. The Kier molecular flexibility index (Phi) is 7.31. The Balaban J connectivity index is 1.84. The summed E-state index contributed by atoms with van der Waals surface area (Å²) in [5, 5.41) is 7.44. The Morgan fingerprint density at radius 1 is 1.12 bits per heavy atom. The fourth-order valence-electron chi connectivity index (χ4n) is 2.33. The largest absolute Gasteiger partial charge is 0.357 e. The van der Waals surface area contributed by atoms with Crippen molar-refractivity contribution >= 4 is 17.3 Å². The lowest BCUT2D eigenvalue weighted by molar-refractivity contribution is 0.579. The zero-order valence-corrected chi connectivity index (χ0v) is 15.6. The second-order valence-corrected chi connectivity index (χ2v) is 7.00. The van der Waals surface area contributed by atoms with Crippen molar-refractivity contribution in [2.24, 2.45) is 4.99 Å². The smallest absolute Gasteiger partial charge is 0.191 e. The molecule has 0 radical (unpaired) electrons. The monoisotopic (exact) mass is 366 g/mol. The Hall–Kier alpha value is -2.02. The molecule has 0 saturated carbocycles. The minimum Gasteiger partial charge on any atom is -0.357 e. The van der Waals surface area contributed by atoms with E-state index in [4.69, 9.17) is 0 Å². The van der Waals surface area contributed by atoms with Crippen LogP contribution in [0, 0.1) is 25.5 Å². The predicted octanol–water partition coefficient (Wildman–Crippen LogP) is 3.38. The van der Waals surface area contributed by atoms with Crippen LogP contribution in [-0.4, -0.2) is 30.6 Å². The van der Waals surface area contributed by atoms with E-state index in [9.17, 15) is 8.78 Å². The lowest BCUT2D eigenvalue weighted by atomic mass is 10.1. The first-order valence-electron chi connectivity index (χ1n) is 8.38. The van der Waals surface area contributed by atoms with Crippen LogP contribution < -0.4 is 10.6 Å². The molecule has 0 saturated heterocycles. The number of hydrogen-bond acceptors (Lipinski definition) is 3. The van der Waals surface area contributed by atoms with Gasteiger partial charge in [-0.1, -0.05) is 0 Å². The molecule has 0 unspecified atom stereocenters. The number of hydrogen-bond donors (Lipinski definition) is 2. The van der Waals surface area contributed by atoms with Gasteiger partial charge in [-0.15, -0.1) is 11.3 Å². The number of halogens is 2. The summed E-state index contributed by atoms with van der Waals surface area (Å²) in [7, 11) is 0. The summed E-state index contributed by atoms with van der Waals surface area (Å²) >= 11 is 1.70. The van der Waals surface area contributed by atoms with Crippen LogP contribution in [0.15, 0.2) is 23.2 Å². The molecule has 0 aliphatic carbocycles. The van der Waals surface area contributed by atoms with Crippen molar-refractivity contribution in [2.45, 2.75) is 33.6 Å². The first kappa shape index (κ1) is 19.3. The van der Waals surface area contributed by atoms with Gasteiger partial charge in [-0.2, -0.15) is 0 Å². The Bertz CT molecular complexity index is 688. The third-order valence-electron chi connectivity index (χ3n) is 3.64. The minimum absolute atomic E-state index is 0.518. The summed E-state index contributed by atoms with van der Waals surface area (Å²) in [5.41, 5.74) is 1.70. The molecule has 2 rings (SSSR count). The number of aliphatic imine (C=N–C) groups is 1. The van der Waals surface area contributed by atoms with Gasteiger partial charge < -0.3 is 10.6 Å². The van der Waals surface area contributed by atoms with Crippen molar-refractivity contribution in [3.05, 3.63) is 51.0 Å². The standard InChI is InChI=1S/C18H24F2N4S/c1-4-21-18(23-8-6-17-24-12(2)13(3)25-17)22-7-5-14-9-15(19)11-16(20)10-14/h9-11H,4-8H2,1-3H3,(H2,21,22,23). The van der Waals surface area contributed by atoms with Gasteiger partial charge in [-0.25, -0.2) is 13.8 Å². The van der Waals surface area contributed by atoms with E-state index in [-0.39, 0.29) is 0 Å². The molecular formula is C18H24F2N4S. The lowest BCUT2D eigenvalue weighted by Crippen LogP contribution is -2.38. The summed E-state index contributed by atoms with van der Waals surface area (Å²) in [6.07, 6.45) is 1.31. The quantitative estimate of drug-likeness (QED) is 0.583. The van der Waals surface area contributed by atoms with Crippen LogP contribution in [0.4, 0.5) is 8.78 Å². The molecule has 0 aliphatic heterocycles. The molecule has 0 fully saturated rings. The Morgan fingerprint density at radius 3 is 2.44 bits per heavy atom. The van der Waals surface area contributed by atoms with Gasteiger partial charge in [0.05, 0.1) is 10.7 Å². The maximum Gasteiger partial charge on any atom is 0.191 e. The molecule has 0 bridgehead atoms. The Labute approximate surface area is 151 Å². The maximum absolute atomic E-state index is 13.2. The molecule has 1 heterocycles. The number of aromatic nitrogens is 1. The normalized spacial score (nSPS) is 11.6. The van der Waals surface area contributed by atoms with Crippen LogP contribution in [0.1, 0.15) is 28.1 Å². The lowest BCUT2D eigenvalue weighted by Gasteiger charge is -2.11. The number of nitrogens with one attached hydrogen (secondary N) is 2. The van der Waals surface area contributed by atoms with Crippen molar-refractivity contribution in [1.82, 2.24) is 15.6 Å². The fraction of sp³-hybridized carbons (Fsp3) is 0.444. The SMILES string of the molecule is CCNC(=NCCc1nc(C)c(C)s1)NCCc1cc(F)cc(F)c1. The van der Waals surface area contributed by atoms with Crippen molar-refractivity contribution in [3.8, 4) is 0 Å². The van der Waals surface area contributed by atoms with Gasteiger partial charge in [0.2, 0.25) is 0 Å². The fourth-order valence-corrected chi connectivity index (χ4v) is 3.25. The van der Waals surface area contributed by atoms with Crippen LogP contribution in [0.5, 0.6) is 0 Å². The van der Waals surface area contributed by atoms with E-state index in [0.29, 0.717) is 31.0 Å². The van der Waals surface area contributed by atoms with Gasteiger partial charge in [0, 0.05) is 37.0 Å². The molecule has 25 heavy (non-hydrogen) atoms. The van der Waals surface area contributed by atoms with E-state index < -0.39 is 11.6 Å². The van der Waals surface area contributed by atoms with Gasteiger partial charge in [0.25, 0.3) is 0 Å². The van der Waals surface area contributed by atoms with E-state index in [0.717, 1.165) is 29.7 Å². The molecule has 2 aromatic rings. The molecule has 7 heteroatoms. The summed E-state index contributed by atoms with van der Waals surface area (Å²) in [5.74, 6) is -0.404. The number of thiazole rings is 1. The Morgan fingerprint density at radius 2 is 1.84 bits per heavy atom. The molecule has 1 aromatic heterocycles. The van der Waals surface area contributed by atoms with E-state index in [1.807, 2.05) is 13.8 Å². The highest BCUT2D eigenvalue weighted by molar-refractivity contribution is 7.11. The molecule has 136 valence electrons. The molecule has 0 amide bonds. The number of rotatable bonds is 7. The van der Waals surface area contributed by atoms with Crippen LogP contribution in [0.3, 0.4) is 0 Å². The summed E-state index contributed by atoms with van der Waals surface area (Å²) in [6, 6.07) is 3.58. The molecule has 4 nitrogen and oxygen atoms in total. The van der Waals surface area contributed by atoms with Crippen LogP contribution >= 0.6 is 11.3 Å². The zero-order valence-electron chi connectivity index (χ0n) is 14.8. The number of benzene rings is 1. The first-order chi connectivity index (χ1) is 12.0. The zero-order chi connectivity index (χ0) is 18.2. The first-order valence-corrected chi connectivity index (χ1v) is 9.19. The predicted molar refractivity (Wildman–Crippen MR) is 99.3 cm³/mol. The minimum atomic E-state index is -0.551. The van der Waals surface area contributed by atoms with Crippen LogP contribution in [0.2, 0.25) is 0 Å².